The molecule has 0 aromatic carbocycles. The van der Waals surface area contributed by atoms with Crippen LogP contribution in [0.15, 0.2) is 0 Å². The highest BCUT2D eigenvalue weighted by atomic mass is 28.2. The SMILES string of the molecule is CCCCN(C)[SiH2]CCC. The zero-order valence-corrected chi connectivity index (χ0v) is 9.10. The lowest BCUT2D eigenvalue weighted by atomic mass is 10.3. The van der Waals surface area contributed by atoms with Crippen molar-refractivity contribution in [2.75, 3.05) is 13.6 Å². The molecule has 0 aromatic heterocycles. The Morgan fingerprint density at radius 3 is 2.40 bits per heavy atom. The first kappa shape index (κ1) is 10.2. The summed E-state index contributed by atoms with van der Waals surface area (Å²) in [4.78, 5) is 0. The Morgan fingerprint density at radius 1 is 1.20 bits per heavy atom. The van der Waals surface area contributed by atoms with Gasteiger partial charge in [0.05, 0.1) is 9.68 Å². The van der Waals surface area contributed by atoms with Crippen LogP contribution in [0.3, 0.4) is 0 Å². The topological polar surface area (TPSA) is 3.24 Å². The summed E-state index contributed by atoms with van der Waals surface area (Å²) in [5, 5.41) is 0. The molecular formula is C8H21NSi. The molecule has 0 fully saturated rings. The van der Waals surface area contributed by atoms with E-state index in [9.17, 15) is 0 Å². The first-order valence-electron chi connectivity index (χ1n) is 4.49. The molecule has 0 saturated heterocycles. The second-order valence-electron chi connectivity index (χ2n) is 3.01. The predicted molar refractivity (Wildman–Crippen MR) is 51.2 cm³/mol. The van der Waals surface area contributed by atoms with Gasteiger partial charge in [-0.3, -0.25) is 0 Å². The van der Waals surface area contributed by atoms with E-state index in [0.717, 1.165) is 0 Å². The van der Waals surface area contributed by atoms with Crippen LogP contribution >= 0.6 is 0 Å². The molecule has 0 radical (unpaired) electrons. The van der Waals surface area contributed by atoms with Crippen molar-refractivity contribution in [3.8, 4) is 0 Å². The van der Waals surface area contributed by atoms with Gasteiger partial charge in [0.25, 0.3) is 0 Å². The van der Waals surface area contributed by atoms with E-state index in [1.54, 1.807) is 0 Å². The van der Waals surface area contributed by atoms with Crippen LogP contribution in [0, 0.1) is 0 Å². The van der Waals surface area contributed by atoms with E-state index in [0.29, 0.717) is 0 Å². The molecule has 10 heavy (non-hydrogen) atoms. The maximum Gasteiger partial charge on any atom is 0.0946 e. The molecule has 0 aliphatic rings. The molecule has 0 N–H and O–H groups in total. The van der Waals surface area contributed by atoms with Gasteiger partial charge in [-0.1, -0.05) is 32.7 Å². The lowest BCUT2D eigenvalue weighted by molar-refractivity contribution is 0.507. The van der Waals surface area contributed by atoms with Crippen LogP contribution in [0.4, 0.5) is 0 Å². The third kappa shape index (κ3) is 6.30. The molecule has 2 heteroatoms. The third-order valence-corrected chi connectivity index (χ3v) is 3.89. The summed E-state index contributed by atoms with van der Waals surface area (Å²) >= 11 is 0. The van der Waals surface area contributed by atoms with Crippen molar-refractivity contribution in [3.63, 3.8) is 0 Å². The predicted octanol–water partition coefficient (Wildman–Crippen LogP) is 1.63. The minimum absolute atomic E-state index is 0.149. The quantitative estimate of drug-likeness (QED) is 0.533. The standard InChI is InChI=1S/C8H21NSi/c1-4-6-7-9(3)10-8-5-2/h4-8,10H2,1-3H3. The van der Waals surface area contributed by atoms with E-state index >= 15 is 0 Å². The first-order valence-corrected chi connectivity index (χ1v) is 6.13. The van der Waals surface area contributed by atoms with Crippen molar-refractivity contribution in [1.82, 2.24) is 4.57 Å². The van der Waals surface area contributed by atoms with Gasteiger partial charge in [-0.15, -0.1) is 0 Å². The van der Waals surface area contributed by atoms with Crippen LogP contribution in [0.1, 0.15) is 33.1 Å². The summed E-state index contributed by atoms with van der Waals surface area (Å²) in [6, 6.07) is 1.49. The average Bonchev–Trinajstić information content (AvgIpc) is 1.97. The largest absolute Gasteiger partial charge is 0.332 e. The molecule has 0 aromatic rings. The van der Waals surface area contributed by atoms with Crippen LogP contribution in [-0.4, -0.2) is 27.8 Å². The molecule has 0 aliphatic heterocycles. The fraction of sp³-hybridized carbons (Fsp3) is 1.00. The number of unbranched alkanes of at least 4 members (excludes halogenated alkanes) is 1. The molecule has 0 bridgehead atoms. The zero-order valence-electron chi connectivity index (χ0n) is 7.69. The Balaban J connectivity index is 3.00. The van der Waals surface area contributed by atoms with Gasteiger partial charge in [0.1, 0.15) is 0 Å². The minimum Gasteiger partial charge on any atom is -0.332 e. The van der Waals surface area contributed by atoms with Gasteiger partial charge in [0.2, 0.25) is 0 Å². The first-order chi connectivity index (χ1) is 4.81. The normalized spacial score (nSPS) is 12.0. The van der Waals surface area contributed by atoms with Gasteiger partial charge in [-0.05, 0) is 20.0 Å². The van der Waals surface area contributed by atoms with Gasteiger partial charge in [-0.25, -0.2) is 0 Å². The summed E-state index contributed by atoms with van der Waals surface area (Å²) in [6.07, 6.45) is 4.10. The van der Waals surface area contributed by atoms with Crippen LogP contribution in [0.2, 0.25) is 6.04 Å². The smallest absolute Gasteiger partial charge is 0.0946 e. The van der Waals surface area contributed by atoms with Gasteiger partial charge in [-0.2, -0.15) is 0 Å². The van der Waals surface area contributed by atoms with Crippen molar-refractivity contribution in [2.45, 2.75) is 39.2 Å². The van der Waals surface area contributed by atoms with Crippen LogP contribution in [-0.2, 0) is 0 Å². The van der Waals surface area contributed by atoms with E-state index in [2.05, 4.69) is 25.5 Å². The molecule has 0 rings (SSSR count). The summed E-state index contributed by atoms with van der Waals surface area (Å²) in [5.41, 5.74) is 0. The van der Waals surface area contributed by atoms with E-state index in [1.165, 1.54) is 31.9 Å². The summed E-state index contributed by atoms with van der Waals surface area (Å²) < 4.78 is 2.56. The molecule has 0 heterocycles. The molecule has 0 atom stereocenters. The Bertz CT molecular complexity index is 58.3. The molecule has 0 unspecified atom stereocenters. The average molecular weight is 159 g/mol. The Morgan fingerprint density at radius 2 is 1.90 bits per heavy atom. The Labute approximate surface area is 67.7 Å². The zero-order chi connectivity index (χ0) is 7.82. The van der Waals surface area contributed by atoms with Gasteiger partial charge < -0.3 is 4.57 Å². The van der Waals surface area contributed by atoms with Gasteiger partial charge >= 0.3 is 0 Å². The number of nitrogens with zero attached hydrogens (tertiary/aromatic N) is 1. The molecule has 0 spiro atoms. The molecule has 1 nitrogen and oxygen atoms in total. The monoisotopic (exact) mass is 159 g/mol. The van der Waals surface area contributed by atoms with E-state index < -0.39 is 0 Å². The Hall–Kier alpha value is 0.177. The van der Waals surface area contributed by atoms with Crippen molar-refractivity contribution in [3.05, 3.63) is 0 Å². The molecule has 0 aliphatic carbocycles. The Kier molecular flexibility index (Phi) is 7.41. The lowest BCUT2D eigenvalue weighted by Crippen LogP contribution is -2.23. The second-order valence-corrected chi connectivity index (χ2v) is 5.24. The van der Waals surface area contributed by atoms with Gasteiger partial charge in [0, 0.05) is 0 Å². The highest BCUT2D eigenvalue weighted by Gasteiger charge is 1.94. The highest BCUT2D eigenvalue weighted by Crippen LogP contribution is 1.93. The summed E-state index contributed by atoms with van der Waals surface area (Å²) in [5.74, 6) is 0. The third-order valence-electron chi connectivity index (χ3n) is 1.79. The number of rotatable bonds is 6. The van der Waals surface area contributed by atoms with Crippen molar-refractivity contribution in [1.29, 1.82) is 0 Å². The van der Waals surface area contributed by atoms with Crippen molar-refractivity contribution < 1.29 is 0 Å². The lowest BCUT2D eigenvalue weighted by Gasteiger charge is -2.14. The second kappa shape index (κ2) is 7.29. The van der Waals surface area contributed by atoms with E-state index in [4.69, 9.17) is 0 Å². The van der Waals surface area contributed by atoms with E-state index in [-0.39, 0.29) is 9.68 Å². The maximum absolute atomic E-state index is 2.56. The molecule has 0 saturated carbocycles. The van der Waals surface area contributed by atoms with Crippen LogP contribution in [0.5, 0.6) is 0 Å². The number of hydrogen-bond donors (Lipinski definition) is 0. The van der Waals surface area contributed by atoms with E-state index in [1.807, 2.05) is 0 Å². The van der Waals surface area contributed by atoms with Crippen LogP contribution in [0.25, 0.3) is 0 Å². The number of hydrogen-bond acceptors (Lipinski definition) is 1. The maximum atomic E-state index is 2.56. The highest BCUT2D eigenvalue weighted by molar-refractivity contribution is 6.31. The van der Waals surface area contributed by atoms with Crippen molar-refractivity contribution in [2.24, 2.45) is 0 Å². The fourth-order valence-electron chi connectivity index (χ4n) is 0.968. The molecular weight excluding hydrogens is 138 g/mol. The van der Waals surface area contributed by atoms with Crippen LogP contribution < -0.4 is 0 Å². The molecule has 62 valence electrons. The molecule has 0 amide bonds. The van der Waals surface area contributed by atoms with Gasteiger partial charge in [0.15, 0.2) is 0 Å². The minimum atomic E-state index is 0.149. The summed E-state index contributed by atoms with van der Waals surface area (Å²) in [6.45, 7) is 5.87. The fourth-order valence-corrected chi connectivity index (χ4v) is 2.27. The van der Waals surface area contributed by atoms with Crippen molar-refractivity contribution >= 4 is 9.68 Å². The summed E-state index contributed by atoms with van der Waals surface area (Å²) in [7, 11) is 2.42.